The lowest BCUT2D eigenvalue weighted by molar-refractivity contribution is 0.127. The molecule has 1 aliphatic heterocycles. The third-order valence-corrected chi connectivity index (χ3v) is 4.83. The quantitative estimate of drug-likeness (QED) is 0.453. The van der Waals surface area contributed by atoms with E-state index in [2.05, 4.69) is 20.5 Å². The number of hydrogen-bond donors (Lipinski definition) is 3. The van der Waals surface area contributed by atoms with Crippen molar-refractivity contribution < 1.29 is 14.2 Å². The summed E-state index contributed by atoms with van der Waals surface area (Å²) in [7, 11) is 3.79. The summed E-state index contributed by atoms with van der Waals surface area (Å²) in [4.78, 5) is 6.43. The molecule has 1 fully saturated rings. The summed E-state index contributed by atoms with van der Waals surface area (Å²) in [6.45, 7) is 4.69. The van der Waals surface area contributed by atoms with E-state index in [1.165, 1.54) is 12.1 Å². The van der Waals surface area contributed by atoms with Crippen molar-refractivity contribution in [2.75, 3.05) is 53.6 Å². The summed E-state index contributed by atoms with van der Waals surface area (Å²) in [6.07, 6.45) is 1.69. The van der Waals surface area contributed by atoms with Gasteiger partial charge in [-0.1, -0.05) is 12.1 Å². The summed E-state index contributed by atoms with van der Waals surface area (Å²) in [5.74, 6) is 0.545. The first-order valence-electron chi connectivity index (χ1n) is 9.13. The maximum absolute atomic E-state index is 12.9. The molecule has 0 bridgehead atoms. The predicted octanol–water partition coefficient (Wildman–Crippen LogP) is 1.21. The Morgan fingerprint density at radius 2 is 2.12 bits per heavy atom. The average Bonchev–Trinajstić information content (AvgIpc) is 3.09. The molecule has 3 N–H and O–H groups in total. The van der Waals surface area contributed by atoms with E-state index in [1.54, 1.807) is 7.05 Å². The second-order valence-corrected chi connectivity index (χ2v) is 6.99. The molecule has 7 heteroatoms. The van der Waals surface area contributed by atoms with E-state index in [-0.39, 0.29) is 17.8 Å². The molecule has 1 atom stereocenters. The minimum atomic E-state index is -0.209. The van der Waals surface area contributed by atoms with E-state index in [1.807, 2.05) is 19.2 Å². The van der Waals surface area contributed by atoms with Crippen molar-refractivity contribution in [1.29, 1.82) is 0 Å². The molecular formula is C19H31FN4O2. The number of aliphatic imine (C=N–C) groups is 1. The van der Waals surface area contributed by atoms with Gasteiger partial charge in [0.25, 0.3) is 0 Å². The molecule has 0 aliphatic carbocycles. The van der Waals surface area contributed by atoms with Gasteiger partial charge in [0.2, 0.25) is 0 Å². The van der Waals surface area contributed by atoms with Gasteiger partial charge in [-0.2, -0.15) is 0 Å². The number of nitrogens with zero attached hydrogens (tertiary/aromatic N) is 2. The molecule has 1 aromatic carbocycles. The monoisotopic (exact) mass is 366 g/mol. The van der Waals surface area contributed by atoms with E-state index in [9.17, 15) is 9.50 Å². The van der Waals surface area contributed by atoms with Crippen LogP contribution in [-0.2, 0) is 11.3 Å². The highest BCUT2D eigenvalue weighted by Gasteiger charge is 2.34. The van der Waals surface area contributed by atoms with Gasteiger partial charge < -0.3 is 25.4 Å². The molecule has 1 heterocycles. The molecule has 0 amide bonds. The number of halogens is 1. The smallest absolute Gasteiger partial charge is 0.191 e. The predicted molar refractivity (Wildman–Crippen MR) is 102 cm³/mol. The zero-order valence-corrected chi connectivity index (χ0v) is 15.8. The first kappa shape index (κ1) is 20.6. The van der Waals surface area contributed by atoms with Crippen LogP contribution in [-0.4, -0.2) is 69.5 Å². The maximum atomic E-state index is 12.9. The Balaban J connectivity index is 1.70. The van der Waals surface area contributed by atoms with Gasteiger partial charge in [0.1, 0.15) is 5.82 Å². The Labute approximate surface area is 155 Å². The van der Waals surface area contributed by atoms with Gasteiger partial charge in [0.15, 0.2) is 5.96 Å². The highest BCUT2D eigenvalue weighted by Crippen LogP contribution is 2.31. The van der Waals surface area contributed by atoms with Crippen molar-refractivity contribution in [2.24, 2.45) is 10.4 Å². The van der Waals surface area contributed by atoms with Crippen LogP contribution in [0, 0.1) is 11.2 Å². The Morgan fingerprint density at radius 1 is 1.35 bits per heavy atom. The van der Waals surface area contributed by atoms with Crippen LogP contribution in [0.15, 0.2) is 29.3 Å². The number of guanidine groups is 1. The van der Waals surface area contributed by atoms with Crippen LogP contribution in [0.25, 0.3) is 0 Å². The SMILES string of the molecule is CN=C(NCCN(C)Cc1ccc(F)cc1)NCC1(CCO)CCOC1. The number of aliphatic hydroxyl groups is 1. The van der Waals surface area contributed by atoms with Gasteiger partial charge in [0, 0.05) is 51.9 Å². The largest absolute Gasteiger partial charge is 0.396 e. The first-order chi connectivity index (χ1) is 12.6. The normalized spacial score (nSPS) is 20.6. The minimum absolute atomic E-state index is 0.00819. The highest BCUT2D eigenvalue weighted by atomic mass is 19.1. The standard InChI is InChI=1S/C19H31FN4O2/c1-21-18(23-14-19(7-11-25)8-12-26-15-19)22-9-10-24(2)13-16-3-5-17(20)6-4-16/h3-6,25H,7-15H2,1-2H3,(H2,21,22,23). The van der Waals surface area contributed by atoms with Gasteiger partial charge in [-0.15, -0.1) is 0 Å². The second-order valence-electron chi connectivity index (χ2n) is 6.99. The minimum Gasteiger partial charge on any atom is -0.396 e. The molecule has 26 heavy (non-hydrogen) atoms. The molecule has 0 saturated carbocycles. The second kappa shape index (κ2) is 10.4. The Bertz CT molecular complexity index is 559. The van der Waals surface area contributed by atoms with Crippen LogP contribution in [0.1, 0.15) is 18.4 Å². The number of nitrogens with one attached hydrogen (secondary N) is 2. The average molecular weight is 366 g/mol. The molecule has 6 nitrogen and oxygen atoms in total. The van der Waals surface area contributed by atoms with Crippen molar-refractivity contribution in [1.82, 2.24) is 15.5 Å². The van der Waals surface area contributed by atoms with E-state index in [4.69, 9.17) is 4.74 Å². The number of ether oxygens (including phenoxy) is 1. The number of hydrogen-bond acceptors (Lipinski definition) is 4. The van der Waals surface area contributed by atoms with E-state index in [0.29, 0.717) is 6.61 Å². The summed E-state index contributed by atoms with van der Waals surface area (Å²) in [5.41, 5.74) is 1.08. The molecule has 1 saturated heterocycles. The molecule has 2 rings (SSSR count). The maximum Gasteiger partial charge on any atom is 0.191 e. The lowest BCUT2D eigenvalue weighted by Gasteiger charge is -2.28. The molecule has 0 aromatic heterocycles. The Kier molecular flexibility index (Phi) is 8.28. The fraction of sp³-hybridized carbons (Fsp3) is 0.632. The van der Waals surface area contributed by atoms with E-state index in [0.717, 1.165) is 57.2 Å². The fourth-order valence-corrected chi connectivity index (χ4v) is 3.15. The Morgan fingerprint density at radius 3 is 2.73 bits per heavy atom. The first-order valence-corrected chi connectivity index (χ1v) is 9.13. The van der Waals surface area contributed by atoms with Crippen LogP contribution in [0.4, 0.5) is 4.39 Å². The molecule has 0 radical (unpaired) electrons. The number of benzene rings is 1. The molecule has 1 unspecified atom stereocenters. The van der Waals surface area contributed by atoms with E-state index < -0.39 is 0 Å². The molecule has 1 aromatic rings. The van der Waals surface area contributed by atoms with Crippen molar-refractivity contribution in [3.05, 3.63) is 35.6 Å². The summed E-state index contributed by atoms with van der Waals surface area (Å²) in [6, 6.07) is 6.60. The van der Waals surface area contributed by atoms with Crippen LogP contribution in [0.5, 0.6) is 0 Å². The third-order valence-electron chi connectivity index (χ3n) is 4.83. The van der Waals surface area contributed by atoms with Crippen LogP contribution in [0.2, 0.25) is 0 Å². The van der Waals surface area contributed by atoms with Crippen molar-refractivity contribution in [2.45, 2.75) is 19.4 Å². The fourth-order valence-electron chi connectivity index (χ4n) is 3.15. The van der Waals surface area contributed by atoms with Gasteiger partial charge >= 0.3 is 0 Å². The number of likely N-dealkylation sites (N-methyl/N-ethyl adjacent to an activating group) is 1. The van der Waals surface area contributed by atoms with Gasteiger partial charge in [-0.05, 0) is 37.6 Å². The summed E-state index contributed by atoms with van der Waals surface area (Å²) >= 11 is 0. The van der Waals surface area contributed by atoms with Gasteiger partial charge in [-0.3, -0.25) is 4.99 Å². The third kappa shape index (κ3) is 6.55. The summed E-state index contributed by atoms with van der Waals surface area (Å²) in [5, 5.41) is 16.0. The van der Waals surface area contributed by atoms with Crippen molar-refractivity contribution in [3.63, 3.8) is 0 Å². The molecule has 0 spiro atoms. The van der Waals surface area contributed by atoms with E-state index >= 15 is 0 Å². The van der Waals surface area contributed by atoms with Gasteiger partial charge in [-0.25, -0.2) is 4.39 Å². The van der Waals surface area contributed by atoms with Crippen molar-refractivity contribution in [3.8, 4) is 0 Å². The van der Waals surface area contributed by atoms with Crippen LogP contribution in [0.3, 0.4) is 0 Å². The lowest BCUT2D eigenvalue weighted by atomic mass is 9.84. The molecular weight excluding hydrogens is 335 g/mol. The topological polar surface area (TPSA) is 69.1 Å². The van der Waals surface area contributed by atoms with Gasteiger partial charge in [0.05, 0.1) is 6.61 Å². The molecule has 146 valence electrons. The zero-order valence-electron chi connectivity index (χ0n) is 15.8. The zero-order chi connectivity index (χ0) is 18.8. The highest BCUT2D eigenvalue weighted by molar-refractivity contribution is 5.79. The van der Waals surface area contributed by atoms with Crippen molar-refractivity contribution >= 4 is 5.96 Å². The van der Waals surface area contributed by atoms with Crippen LogP contribution >= 0.6 is 0 Å². The number of rotatable bonds is 9. The molecule has 1 aliphatic rings. The Hall–Kier alpha value is -1.70. The number of aliphatic hydroxyl groups excluding tert-OH is 1. The summed E-state index contributed by atoms with van der Waals surface area (Å²) < 4.78 is 18.5. The lowest BCUT2D eigenvalue weighted by Crippen LogP contribution is -2.46. The van der Waals surface area contributed by atoms with Crippen LogP contribution < -0.4 is 10.6 Å².